The zero-order chi connectivity index (χ0) is 19.6. The molecule has 138 valence electrons. The number of halogens is 3. The Bertz CT molecular complexity index is 1070. The number of carbonyl (C=O) groups excluding carboxylic acids is 1. The fraction of sp³-hybridized carbons (Fsp3) is 0.105. The summed E-state index contributed by atoms with van der Waals surface area (Å²) in [4.78, 5) is 24.5. The molecule has 0 aliphatic carbocycles. The lowest BCUT2D eigenvalue weighted by atomic mass is 10.1. The number of carbonyl (C=O) groups is 1. The fourth-order valence-corrected chi connectivity index (χ4v) is 3.05. The number of hydrogen-bond donors (Lipinski definition) is 1. The molecule has 0 fully saturated rings. The van der Waals surface area contributed by atoms with E-state index in [1.807, 2.05) is 22.6 Å². The molecule has 0 saturated heterocycles. The van der Waals surface area contributed by atoms with Crippen molar-refractivity contribution in [2.24, 2.45) is 0 Å². The van der Waals surface area contributed by atoms with Crippen molar-refractivity contribution in [3.63, 3.8) is 0 Å². The normalized spacial score (nSPS) is 11.9. The van der Waals surface area contributed by atoms with E-state index in [4.69, 9.17) is 0 Å². The monoisotopic (exact) mass is 481 g/mol. The van der Waals surface area contributed by atoms with Crippen molar-refractivity contribution in [3.8, 4) is 5.69 Å². The molecule has 1 atom stereocenters. The number of nitrogens with zero attached hydrogens (tertiary/aromatic N) is 2. The maximum absolute atomic E-state index is 14.2. The standard InChI is InChI=1S/C19H14F2IN3O2/c1-11(12-5-4-7-14(22)18(12)21)23-19(27)15-9-10-17(26)25(24-15)16-8-3-2-6-13(16)20/h2-11H,1H3,(H,23,27)/t11-/m1/s1. The number of hydrogen-bond acceptors (Lipinski definition) is 3. The summed E-state index contributed by atoms with van der Waals surface area (Å²) in [6.45, 7) is 1.64. The average molecular weight is 481 g/mol. The highest BCUT2D eigenvalue weighted by atomic mass is 127. The van der Waals surface area contributed by atoms with Crippen LogP contribution in [0.2, 0.25) is 0 Å². The van der Waals surface area contributed by atoms with Crippen LogP contribution in [0, 0.1) is 15.2 Å². The van der Waals surface area contributed by atoms with Gasteiger partial charge in [0.15, 0.2) is 0 Å². The molecule has 1 aromatic heterocycles. The number of para-hydroxylation sites is 1. The van der Waals surface area contributed by atoms with Crippen LogP contribution in [0.3, 0.4) is 0 Å². The third-order valence-corrected chi connectivity index (χ3v) is 4.74. The molecule has 0 saturated carbocycles. The summed E-state index contributed by atoms with van der Waals surface area (Å²) in [5.41, 5.74) is -0.393. The van der Waals surface area contributed by atoms with Gasteiger partial charge in [-0.25, -0.2) is 8.78 Å². The second-order valence-corrected chi connectivity index (χ2v) is 6.92. The minimum atomic E-state index is -0.640. The van der Waals surface area contributed by atoms with Crippen LogP contribution in [0.25, 0.3) is 5.69 Å². The van der Waals surface area contributed by atoms with Gasteiger partial charge >= 0.3 is 0 Å². The number of benzene rings is 2. The first-order valence-corrected chi connectivity index (χ1v) is 9.06. The fourth-order valence-electron chi connectivity index (χ4n) is 2.53. The van der Waals surface area contributed by atoms with Gasteiger partial charge in [0, 0.05) is 15.2 Å². The van der Waals surface area contributed by atoms with E-state index in [2.05, 4.69) is 10.4 Å². The quantitative estimate of drug-likeness (QED) is 0.580. The first-order chi connectivity index (χ1) is 12.9. The topological polar surface area (TPSA) is 64.0 Å². The molecule has 0 aliphatic rings. The highest BCUT2D eigenvalue weighted by molar-refractivity contribution is 14.1. The van der Waals surface area contributed by atoms with E-state index in [0.717, 1.165) is 10.7 Å². The molecule has 0 radical (unpaired) electrons. The highest BCUT2D eigenvalue weighted by Crippen LogP contribution is 2.21. The predicted molar refractivity (Wildman–Crippen MR) is 105 cm³/mol. The minimum absolute atomic E-state index is 0.0612. The molecule has 3 rings (SSSR count). The molecule has 5 nitrogen and oxygen atoms in total. The molecule has 1 N–H and O–H groups in total. The summed E-state index contributed by atoms with van der Waals surface area (Å²) in [5, 5.41) is 6.59. The largest absolute Gasteiger partial charge is 0.344 e. The van der Waals surface area contributed by atoms with E-state index in [9.17, 15) is 18.4 Å². The number of rotatable bonds is 4. The summed E-state index contributed by atoms with van der Waals surface area (Å²) in [5.74, 6) is -1.65. The van der Waals surface area contributed by atoms with Crippen LogP contribution in [0.5, 0.6) is 0 Å². The first kappa shape index (κ1) is 19.2. The van der Waals surface area contributed by atoms with Gasteiger partial charge in [-0.2, -0.15) is 9.78 Å². The number of aromatic nitrogens is 2. The van der Waals surface area contributed by atoms with Gasteiger partial charge in [-0.05, 0) is 53.8 Å². The lowest BCUT2D eigenvalue weighted by Crippen LogP contribution is -2.31. The molecule has 8 heteroatoms. The van der Waals surface area contributed by atoms with Crippen LogP contribution in [0.4, 0.5) is 8.78 Å². The lowest BCUT2D eigenvalue weighted by molar-refractivity contribution is 0.0932. The van der Waals surface area contributed by atoms with Crippen LogP contribution >= 0.6 is 22.6 Å². The van der Waals surface area contributed by atoms with Crippen molar-refractivity contribution in [2.75, 3.05) is 0 Å². The molecule has 0 unspecified atom stereocenters. The summed E-state index contributed by atoms with van der Waals surface area (Å²) >= 11 is 1.87. The second-order valence-electron chi connectivity index (χ2n) is 5.76. The summed E-state index contributed by atoms with van der Waals surface area (Å²) in [6, 6.07) is 12.3. The van der Waals surface area contributed by atoms with Gasteiger partial charge in [-0.1, -0.05) is 24.3 Å². The van der Waals surface area contributed by atoms with E-state index < -0.39 is 29.1 Å². The van der Waals surface area contributed by atoms with Crippen molar-refractivity contribution in [2.45, 2.75) is 13.0 Å². The zero-order valence-corrected chi connectivity index (χ0v) is 16.3. The summed E-state index contributed by atoms with van der Waals surface area (Å²) in [7, 11) is 0. The van der Waals surface area contributed by atoms with Crippen molar-refractivity contribution in [3.05, 3.63) is 91.4 Å². The van der Waals surface area contributed by atoms with Gasteiger partial charge in [-0.3, -0.25) is 9.59 Å². The van der Waals surface area contributed by atoms with Gasteiger partial charge in [0.2, 0.25) is 0 Å². The Morgan fingerprint density at radius 1 is 1.11 bits per heavy atom. The predicted octanol–water partition coefficient (Wildman–Crippen LogP) is 3.61. The Kier molecular flexibility index (Phi) is 5.64. The van der Waals surface area contributed by atoms with E-state index in [1.54, 1.807) is 31.2 Å². The van der Waals surface area contributed by atoms with Crippen molar-refractivity contribution in [1.82, 2.24) is 15.1 Å². The van der Waals surface area contributed by atoms with Gasteiger partial charge in [-0.15, -0.1) is 0 Å². The molecule has 0 bridgehead atoms. The van der Waals surface area contributed by atoms with E-state index >= 15 is 0 Å². The van der Waals surface area contributed by atoms with Crippen molar-refractivity contribution >= 4 is 28.5 Å². The van der Waals surface area contributed by atoms with Gasteiger partial charge in [0.1, 0.15) is 23.0 Å². The van der Waals surface area contributed by atoms with Crippen molar-refractivity contribution < 1.29 is 13.6 Å². The van der Waals surface area contributed by atoms with E-state index in [1.165, 1.54) is 24.3 Å². The molecule has 0 spiro atoms. The number of amides is 1. The Hall–Kier alpha value is -2.62. The molecular weight excluding hydrogens is 467 g/mol. The SMILES string of the molecule is C[C@@H](NC(=O)c1ccc(=O)n(-c2ccccc2F)n1)c1cccc(I)c1F. The lowest BCUT2D eigenvalue weighted by Gasteiger charge is -2.16. The molecule has 1 amide bonds. The van der Waals surface area contributed by atoms with Crippen LogP contribution < -0.4 is 10.9 Å². The smallest absolute Gasteiger partial charge is 0.272 e. The van der Waals surface area contributed by atoms with Gasteiger partial charge < -0.3 is 5.32 Å². The zero-order valence-electron chi connectivity index (χ0n) is 14.1. The Labute approximate surface area is 167 Å². The van der Waals surface area contributed by atoms with Gasteiger partial charge in [0.25, 0.3) is 11.5 Å². The maximum Gasteiger partial charge on any atom is 0.272 e. The molecule has 0 aliphatic heterocycles. The van der Waals surface area contributed by atoms with Crippen molar-refractivity contribution in [1.29, 1.82) is 0 Å². The average Bonchev–Trinajstić information content (AvgIpc) is 2.65. The summed E-state index contributed by atoms with van der Waals surface area (Å²) in [6.07, 6.45) is 0. The molecule has 3 aromatic rings. The van der Waals surface area contributed by atoms with Gasteiger partial charge in [0.05, 0.1) is 6.04 Å². The Morgan fingerprint density at radius 2 is 1.85 bits per heavy atom. The Balaban J connectivity index is 1.90. The third-order valence-electron chi connectivity index (χ3n) is 3.91. The molecular formula is C19H14F2IN3O2. The Morgan fingerprint density at radius 3 is 2.59 bits per heavy atom. The van der Waals surface area contributed by atoms with Crippen LogP contribution in [-0.4, -0.2) is 15.7 Å². The molecule has 27 heavy (non-hydrogen) atoms. The second kappa shape index (κ2) is 7.95. The summed E-state index contributed by atoms with van der Waals surface area (Å²) < 4.78 is 29.4. The van der Waals surface area contributed by atoms with Crippen LogP contribution in [-0.2, 0) is 0 Å². The number of nitrogens with one attached hydrogen (secondary N) is 1. The third kappa shape index (κ3) is 4.05. The highest BCUT2D eigenvalue weighted by Gasteiger charge is 2.18. The van der Waals surface area contributed by atoms with E-state index in [-0.39, 0.29) is 11.4 Å². The minimum Gasteiger partial charge on any atom is -0.344 e. The van der Waals surface area contributed by atoms with Crippen LogP contribution in [0.15, 0.2) is 59.4 Å². The first-order valence-electron chi connectivity index (χ1n) is 7.98. The van der Waals surface area contributed by atoms with Crippen LogP contribution in [0.1, 0.15) is 29.0 Å². The molecule has 1 heterocycles. The van der Waals surface area contributed by atoms with E-state index in [0.29, 0.717) is 9.13 Å². The maximum atomic E-state index is 14.2. The molecule has 2 aromatic carbocycles.